The maximum absolute atomic E-state index is 3.48. The van der Waals surface area contributed by atoms with Gasteiger partial charge in [0.15, 0.2) is 6.29 Å². The molecule has 0 saturated heterocycles. The first-order valence-corrected chi connectivity index (χ1v) is 5.18. The van der Waals surface area contributed by atoms with Gasteiger partial charge in [-0.3, -0.25) is 4.90 Å². The van der Waals surface area contributed by atoms with Gasteiger partial charge in [0.25, 0.3) is 0 Å². The second-order valence-corrected chi connectivity index (χ2v) is 3.87. The van der Waals surface area contributed by atoms with Crippen LogP contribution >= 0.6 is 0 Å². The van der Waals surface area contributed by atoms with Gasteiger partial charge in [0, 0.05) is 19.3 Å². The first-order chi connectivity index (χ1) is 7.27. The van der Waals surface area contributed by atoms with Crippen LogP contribution in [-0.2, 0) is 0 Å². The van der Waals surface area contributed by atoms with Gasteiger partial charge in [-0.1, -0.05) is 24.3 Å². The van der Waals surface area contributed by atoms with E-state index >= 15 is 0 Å². The van der Waals surface area contributed by atoms with Crippen LogP contribution < -0.4 is 5.32 Å². The predicted molar refractivity (Wildman–Crippen MR) is 63.4 cm³/mol. The van der Waals surface area contributed by atoms with Crippen LogP contribution in [0.4, 0.5) is 5.69 Å². The molecule has 1 aromatic carbocycles. The lowest BCUT2D eigenvalue weighted by Crippen LogP contribution is -2.50. The molecule has 0 aromatic heterocycles. The minimum absolute atomic E-state index is 0.234. The number of benzene rings is 1. The number of hydrogen-bond donors (Lipinski definition) is 1. The zero-order valence-corrected chi connectivity index (χ0v) is 9.22. The van der Waals surface area contributed by atoms with Crippen LogP contribution in [0.1, 0.15) is 0 Å². The van der Waals surface area contributed by atoms with E-state index in [9.17, 15) is 0 Å². The highest BCUT2D eigenvalue weighted by atomic mass is 15.4. The van der Waals surface area contributed by atoms with E-state index in [-0.39, 0.29) is 6.29 Å². The number of nitrogens with zero attached hydrogens (tertiary/aromatic N) is 2. The molecule has 0 spiro atoms. The molecule has 3 heteroatoms. The van der Waals surface area contributed by atoms with Crippen LogP contribution in [-0.4, -0.2) is 36.7 Å². The number of nitrogens with one attached hydrogen (secondary N) is 1. The molecule has 0 radical (unpaired) electrons. The smallest absolute Gasteiger partial charge is 0.157 e. The van der Waals surface area contributed by atoms with Gasteiger partial charge in [0.1, 0.15) is 0 Å². The van der Waals surface area contributed by atoms with Gasteiger partial charge >= 0.3 is 0 Å². The van der Waals surface area contributed by atoms with E-state index < -0.39 is 0 Å². The van der Waals surface area contributed by atoms with Crippen LogP contribution in [0.25, 0.3) is 0 Å². The third-order valence-corrected chi connectivity index (χ3v) is 2.61. The van der Waals surface area contributed by atoms with Crippen molar-refractivity contribution in [1.29, 1.82) is 0 Å². The lowest BCUT2D eigenvalue weighted by atomic mass is 10.3. The molecule has 1 heterocycles. The Morgan fingerprint density at radius 3 is 2.60 bits per heavy atom. The molecule has 1 aliphatic heterocycles. The Morgan fingerprint density at radius 1 is 1.20 bits per heavy atom. The van der Waals surface area contributed by atoms with Gasteiger partial charge in [-0.15, -0.1) is 0 Å². The molecule has 0 bridgehead atoms. The van der Waals surface area contributed by atoms with Crippen molar-refractivity contribution in [1.82, 2.24) is 9.80 Å². The summed E-state index contributed by atoms with van der Waals surface area (Å²) in [5.74, 6) is 0. The molecule has 1 aliphatic rings. The number of hydrogen-bond acceptors (Lipinski definition) is 3. The van der Waals surface area contributed by atoms with Crippen molar-refractivity contribution >= 4 is 5.69 Å². The van der Waals surface area contributed by atoms with Gasteiger partial charge in [-0.2, -0.15) is 0 Å². The molecule has 0 saturated carbocycles. The molecule has 1 unspecified atom stereocenters. The molecular weight excluding hydrogens is 186 g/mol. The molecule has 1 aromatic rings. The third-order valence-electron chi connectivity index (χ3n) is 2.61. The minimum Gasteiger partial charge on any atom is -0.353 e. The summed E-state index contributed by atoms with van der Waals surface area (Å²) < 4.78 is 0. The zero-order valence-electron chi connectivity index (χ0n) is 9.22. The van der Waals surface area contributed by atoms with Crippen LogP contribution in [0.15, 0.2) is 42.6 Å². The van der Waals surface area contributed by atoms with Gasteiger partial charge in [0.05, 0.1) is 0 Å². The molecule has 0 amide bonds. The highest BCUT2D eigenvalue weighted by Gasteiger charge is 2.19. The topological polar surface area (TPSA) is 18.5 Å². The monoisotopic (exact) mass is 203 g/mol. The van der Waals surface area contributed by atoms with E-state index in [2.05, 4.69) is 53.6 Å². The zero-order chi connectivity index (χ0) is 10.7. The Kier molecular flexibility index (Phi) is 2.92. The summed E-state index contributed by atoms with van der Waals surface area (Å²) in [6.07, 6.45) is 4.50. The predicted octanol–water partition coefficient (Wildman–Crippen LogP) is 1.77. The van der Waals surface area contributed by atoms with Gasteiger partial charge in [-0.25, -0.2) is 0 Å². The molecule has 15 heavy (non-hydrogen) atoms. The van der Waals surface area contributed by atoms with E-state index in [0.717, 1.165) is 12.2 Å². The molecule has 3 nitrogen and oxygen atoms in total. The first-order valence-electron chi connectivity index (χ1n) is 5.18. The fourth-order valence-electron chi connectivity index (χ4n) is 1.77. The molecule has 80 valence electrons. The highest BCUT2D eigenvalue weighted by Crippen LogP contribution is 2.13. The Bertz CT molecular complexity index is 334. The molecule has 1 atom stereocenters. The molecule has 0 fully saturated rings. The summed E-state index contributed by atoms with van der Waals surface area (Å²) in [4.78, 5) is 4.42. The van der Waals surface area contributed by atoms with Crippen molar-refractivity contribution in [3.63, 3.8) is 0 Å². The van der Waals surface area contributed by atoms with Crippen molar-refractivity contribution in [2.24, 2.45) is 0 Å². The normalized spacial score (nSPS) is 21.7. The first kappa shape index (κ1) is 10.1. The molecular formula is C12H17N3. The molecule has 1 N–H and O–H groups in total. The second-order valence-electron chi connectivity index (χ2n) is 3.87. The van der Waals surface area contributed by atoms with Crippen LogP contribution in [0.2, 0.25) is 0 Å². The van der Waals surface area contributed by atoms with Gasteiger partial charge < -0.3 is 10.2 Å². The summed E-state index contributed by atoms with van der Waals surface area (Å²) >= 11 is 0. The third kappa shape index (κ3) is 2.30. The van der Waals surface area contributed by atoms with Crippen molar-refractivity contribution in [3.8, 4) is 0 Å². The van der Waals surface area contributed by atoms with E-state index in [0.29, 0.717) is 0 Å². The fourth-order valence-corrected chi connectivity index (χ4v) is 1.77. The summed E-state index contributed by atoms with van der Waals surface area (Å²) in [5, 5.41) is 3.48. The van der Waals surface area contributed by atoms with Crippen LogP contribution in [0.5, 0.6) is 0 Å². The van der Waals surface area contributed by atoms with E-state index in [1.165, 1.54) is 0 Å². The number of para-hydroxylation sites is 1. The summed E-state index contributed by atoms with van der Waals surface area (Å²) in [6.45, 7) is 0.981. The largest absolute Gasteiger partial charge is 0.353 e. The van der Waals surface area contributed by atoms with Crippen molar-refractivity contribution in [2.45, 2.75) is 6.29 Å². The number of rotatable bonds is 2. The molecule has 0 aliphatic carbocycles. The lowest BCUT2D eigenvalue weighted by Gasteiger charge is -2.38. The summed E-state index contributed by atoms with van der Waals surface area (Å²) in [6, 6.07) is 10.3. The Balaban J connectivity index is 2.08. The SMILES string of the molecule is CN1C=CCN(C)C1Nc1ccccc1. The average molecular weight is 203 g/mol. The Labute approximate surface area is 91.0 Å². The summed E-state index contributed by atoms with van der Waals surface area (Å²) in [5.41, 5.74) is 1.15. The lowest BCUT2D eigenvalue weighted by molar-refractivity contribution is 0.143. The van der Waals surface area contributed by atoms with Crippen molar-refractivity contribution in [3.05, 3.63) is 42.6 Å². The van der Waals surface area contributed by atoms with E-state index in [4.69, 9.17) is 0 Å². The number of likely N-dealkylation sites (N-methyl/N-ethyl adjacent to an activating group) is 1. The standard InChI is InChI=1S/C12H17N3/c1-14-9-6-10-15(2)12(14)13-11-7-4-3-5-8-11/h3-9,12-13H,10H2,1-2H3. The van der Waals surface area contributed by atoms with Crippen LogP contribution in [0, 0.1) is 0 Å². The van der Waals surface area contributed by atoms with Gasteiger partial charge in [0.2, 0.25) is 0 Å². The van der Waals surface area contributed by atoms with E-state index in [1.807, 2.05) is 18.2 Å². The average Bonchev–Trinajstić information content (AvgIpc) is 2.25. The Hall–Kier alpha value is -1.48. The highest BCUT2D eigenvalue weighted by molar-refractivity contribution is 5.43. The quantitative estimate of drug-likeness (QED) is 0.790. The number of anilines is 1. The maximum Gasteiger partial charge on any atom is 0.157 e. The van der Waals surface area contributed by atoms with Crippen molar-refractivity contribution in [2.75, 3.05) is 26.0 Å². The maximum atomic E-state index is 3.48. The Morgan fingerprint density at radius 2 is 1.93 bits per heavy atom. The van der Waals surface area contributed by atoms with Gasteiger partial charge in [-0.05, 0) is 25.4 Å². The van der Waals surface area contributed by atoms with Crippen molar-refractivity contribution < 1.29 is 0 Å². The molecule has 2 rings (SSSR count). The second kappa shape index (κ2) is 4.36. The summed E-state index contributed by atoms with van der Waals surface area (Å²) in [7, 11) is 4.19. The fraction of sp³-hybridized carbons (Fsp3) is 0.333. The van der Waals surface area contributed by atoms with Crippen LogP contribution in [0.3, 0.4) is 0 Å². The van der Waals surface area contributed by atoms with E-state index in [1.54, 1.807) is 0 Å². The minimum atomic E-state index is 0.234.